The molecule has 3 N–H and O–H groups in total. The Hall–Kier alpha value is -1.67. The Bertz CT molecular complexity index is 512. The lowest BCUT2D eigenvalue weighted by molar-refractivity contribution is -0.142. The molecule has 1 rings (SSSR count). The van der Waals surface area contributed by atoms with Crippen LogP contribution in [0.3, 0.4) is 0 Å². The van der Waals surface area contributed by atoms with Gasteiger partial charge in [-0.15, -0.1) is 0 Å². The Labute approximate surface area is 130 Å². The second kappa shape index (κ2) is 6.86. The summed E-state index contributed by atoms with van der Waals surface area (Å²) in [6.45, 7) is 4.95. The number of aliphatic hydroxyl groups is 1. The van der Waals surface area contributed by atoms with E-state index in [0.29, 0.717) is 4.60 Å². The van der Waals surface area contributed by atoms with E-state index < -0.39 is 29.8 Å². The average Bonchev–Trinajstić information content (AvgIpc) is 2.33. The minimum Gasteiger partial charge on any atom is -0.480 e. The summed E-state index contributed by atoms with van der Waals surface area (Å²) in [5.41, 5.74) is -0.501. The van der Waals surface area contributed by atoms with Gasteiger partial charge in [0.05, 0.1) is 0 Å². The maximum Gasteiger partial charge on any atom is 0.408 e. The number of hydrogen-bond donors (Lipinski definition) is 3. The fraction of sp³-hybridized carbons (Fsp3) is 0.462. The van der Waals surface area contributed by atoms with E-state index in [-0.39, 0.29) is 5.56 Å². The minimum absolute atomic E-state index is 0.265. The molecule has 8 heteroatoms. The lowest BCUT2D eigenvalue weighted by atomic mass is 10.0. The van der Waals surface area contributed by atoms with Crippen LogP contribution in [0.5, 0.6) is 0 Å². The van der Waals surface area contributed by atoms with Gasteiger partial charge in [-0.1, -0.05) is 6.07 Å². The van der Waals surface area contributed by atoms with Crippen LogP contribution >= 0.6 is 15.9 Å². The third kappa shape index (κ3) is 5.68. The SMILES string of the molecule is CC(C)(C)OC(=O)N[C@@H](C(=O)O)[C@@H](O)c1ccc(Br)nc1. The zero-order chi connectivity index (χ0) is 16.2. The number of pyridine rings is 1. The molecule has 7 nitrogen and oxygen atoms in total. The highest BCUT2D eigenvalue weighted by atomic mass is 79.9. The molecule has 0 aliphatic rings. The molecule has 0 bridgehead atoms. The quantitative estimate of drug-likeness (QED) is 0.707. The van der Waals surface area contributed by atoms with Gasteiger partial charge < -0.3 is 20.3 Å². The summed E-state index contributed by atoms with van der Waals surface area (Å²) in [5.74, 6) is -1.38. The van der Waals surface area contributed by atoms with E-state index in [0.717, 1.165) is 0 Å². The summed E-state index contributed by atoms with van der Waals surface area (Å²) in [7, 11) is 0. The van der Waals surface area contributed by atoms with Gasteiger partial charge in [0, 0.05) is 11.8 Å². The Balaban J connectivity index is 2.84. The number of carboxylic acids is 1. The van der Waals surface area contributed by atoms with Crippen molar-refractivity contribution >= 4 is 28.0 Å². The molecule has 1 heterocycles. The van der Waals surface area contributed by atoms with Gasteiger partial charge in [-0.2, -0.15) is 0 Å². The predicted molar refractivity (Wildman–Crippen MR) is 77.7 cm³/mol. The van der Waals surface area contributed by atoms with E-state index in [2.05, 4.69) is 26.2 Å². The number of carbonyl (C=O) groups excluding carboxylic acids is 1. The van der Waals surface area contributed by atoms with Crippen LogP contribution in [0, 0.1) is 0 Å². The van der Waals surface area contributed by atoms with E-state index in [9.17, 15) is 14.7 Å². The number of hydrogen-bond acceptors (Lipinski definition) is 5. The van der Waals surface area contributed by atoms with Crippen LogP contribution in [0.15, 0.2) is 22.9 Å². The van der Waals surface area contributed by atoms with Crippen LogP contribution in [0.2, 0.25) is 0 Å². The van der Waals surface area contributed by atoms with Gasteiger partial charge in [0.1, 0.15) is 16.3 Å². The second-order valence-corrected chi connectivity index (χ2v) is 6.13. The molecule has 0 fully saturated rings. The third-order valence-corrected chi connectivity index (χ3v) is 2.81. The molecule has 1 amide bonds. The van der Waals surface area contributed by atoms with Gasteiger partial charge in [-0.05, 0) is 42.8 Å². The molecule has 1 aromatic rings. The van der Waals surface area contributed by atoms with E-state index >= 15 is 0 Å². The van der Waals surface area contributed by atoms with Crippen molar-refractivity contribution in [3.63, 3.8) is 0 Å². The highest BCUT2D eigenvalue weighted by molar-refractivity contribution is 9.10. The number of carbonyl (C=O) groups is 2. The van der Waals surface area contributed by atoms with Crippen molar-refractivity contribution in [3.05, 3.63) is 28.5 Å². The number of nitrogens with zero attached hydrogens (tertiary/aromatic N) is 1. The smallest absolute Gasteiger partial charge is 0.408 e. The van der Waals surface area contributed by atoms with Gasteiger partial charge in [0.15, 0.2) is 6.04 Å². The number of aromatic nitrogens is 1. The fourth-order valence-electron chi connectivity index (χ4n) is 1.46. The largest absolute Gasteiger partial charge is 0.480 e. The fourth-order valence-corrected chi connectivity index (χ4v) is 1.70. The zero-order valence-corrected chi connectivity index (χ0v) is 13.4. The van der Waals surface area contributed by atoms with Crippen LogP contribution < -0.4 is 5.32 Å². The lowest BCUT2D eigenvalue weighted by Crippen LogP contribution is -2.46. The van der Waals surface area contributed by atoms with Crippen molar-refractivity contribution < 1.29 is 24.5 Å². The average molecular weight is 361 g/mol. The number of ether oxygens (including phenoxy) is 1. The van der Waals surface area contributed by atoms with Crippen LogP contribution in [-0.2, 0) is 9.53 Å². The van der Waals surface area contributed by atoms with Gasteiger partial charge in [-0.3, -0.25) is 0 Å². The summed E-state index contributed by atoms with van der Waals surface area (Å²) in [4.78, 5) is 26.8. The first kappa shape index (κ1) is 17.4. The number of nitrogens with one attached hydrogen (secondary N) is 1. The number of aliphatic carboxylic acids is 1. The monoisotopic (exact) mass is 360 g/mol. The van der Waals surface area contributed by atoms with Crippen molar-refractivity contribution in [2.24, 2.45) is 0 Å². The molecule has 0 saturated heterocycles. The van der Waals surface area contributed by atoms with E-state index in [4.69, 9.17) is 9.84 Å². The molecule has 21 heavy (non-hydrogen) atoms. The first-order valence-corrected chi connectivity index (χ1v) is 6.91. The topological polar surface area (TPSA) is 109 Å². The third-order valence-electron chi connectivity index (χ3n) is 2.35. The number of amides is 1. The van der Waals surface area contributed by atoms with Crippen LogP contribution in [0.25, 0.3) is 0 Å². The molecule has 0 aromatic carbocycles. The number of halogens is 1. The van der Waals surface area contributed by atoms with E-state index in [1.54, 1.807) is 26.8 Å². The highest BCUT2D eigenvalue weighted by Gasteiger charge is 2.31. The summed E-state index contributed by atoms with van der Waals surface area (Å²) >= 11 is 3.14. The second-order valence-electron chi connectivity index (χ2n) is 5.32. The Kier molecular flexibility index (Phi) is 5.68. The van der Waals surface area contributed by atoms with Crippen molar-refractivity contribution in [2.75, 3.05) is 0 Å². The number of aliphatic hydroxyl groups excluding tert-OH is 1. The van der Waals surface area contributed by atoms with E-state index in [1.807, 2.05) is 0 Å². The molecule has 0 unspecified atom stereocenters. The minimum atomic E-state index is -1.54. The number of alkyl carbamates (subject to hydrolysis) is 1. The number of carboxylic acid groups (broad SMARTS) is 1. The molecule has 0 radical (unpaired) electrons. The molecule has 0 aliphatic carbocycles. The summed E-state index contributed by atoms with van der Waals surface area (Å²) < 4.78 is 5.52. The molecule has 1 aromatic heterocycles. The van der Waals surface area contributed by atoms with E-state index in [1.165, 1.54) is 12.3 Å². The normalized spacial score (nSPS) is 14.1. The molecular weight excluding hydrogens is 344 g/mol. The highest BCUT2D eigenvalue weighted by Crippen LogP contribution is 2.18. The maximum atomic E-state index is 11.6. The summed E-state index contributed by atoms with van der Waals surface area (Å²) in [5, 5.41) is 21.4. The Morgan fingerprint density at radius 3 is 2.43 bits per heavy atom. The first-order valence-electron chi connectivity index (χ1n) is 6.12. The van der Waals surface area contributed by atoms with Gasteiger partial charge >= 0.3 is 12.1 Å². The standard InChI is InChI=1S/C13H17BrN2O5/c1-13(2,3)21-12(20)16-9(11(18)19)10(17)7-4-5-8(14)15-6-7/h4-6,9-10,17H,1-3H3,(H,16,20)(H,18,19)/t9-,10+/m1/s1. The summed E-state index contributed by atoms with van der Waals surface area (Å²) in [6.07, 6.45) is -1.05. The maximum absolute atomic E-state index is 11.6. The van der Waals surface area contributed by atoms with Crippen LogP contribution in [0.4, 0.5) is 4.79 Å². The van der Waals surface area contributed by atoms with Crippen molar-refractivity contribution in [3.8, 4) is 0 Å². The molecule has 0 spiro atoms. The van der Waals surface area contributed by atoms with Gasteiger partial charge in [0.25, 0.3) is 0 Å². The van der Waals surface area contributed by atoms with Crippen molar-refractivity contribution in [2.45, 2.75) is 38.5 Å². The zero-order valence-electron chi connectivity index (χ0n) is 11.8. The predicted octanol–water partition coefficient (Wildman–Crippen LogP) is 1.86. The van der Waals surface area contributed by atoms with Gasteiger partial charge in [-0.25, -0.2) is 14.6 Å². The molecule has 0 aliphatic heterocycles. The Morgan fingerprint density at radius 2 is 2.00 bits per heavy atom. The first-order chi connectivity index (χ1) is 9.60. The van der Waals surface area contributed by atoms with Crippen LogP contribution in [0.1, 0.15) is 32.4 Å². The lowest BCUT2D eigenvalue weighted by Gasteiger charge is -2.24. The molecule has 116 valence electrons. The van der Waals surface area contributed by atoms with Crippen molar-refractivity contribution in [1.29, 1.82) is 0 Å². The van der Waals surface area contributed by atoms with Gasteiger partial charge in [0.2, 0.25) is 0 Å². The van der Waals surface area contributed by atoms with Crippen LogP contribution in [-0.4, -0.2) is 38.9 Å². The van der Waals surface area contributed by atoms with Crippen molar-refractivity contribution in [1.82, 2.24) is 10.3 Å². The summed E-state index contributed by atoms with van der Waals surface area (Å²) in [6, 6.07) is 1.53. The molecular formula is C13H17BrN2O5. The number of rotatable bonds is 4. The molecule has 2 atom stereocenters. The molecule has 0 saturated carbocycles. The Morgan fingerprint density at radius 1 is 1.38 bits per heavy atom.